The Kier molecular flexibility index (Phi) is 6.42. The van der Waals surface area contributed by atoms with E-state index in [9.17, 15) is 13.2 Å². The molecule has 0 aliphatic carbocycles. The van der Waals surface area contributed by atoms with Gasteiger partial charge in [0, 0.05) is 6.04 Å². The summed E-state index contributed by atoms with van der Waals surface area (Å²) in [5.74, 6) is 0. The van der Waals surface area contributed by atoms with E-state index in [1.807, 2.05) is 0 Å². The number of hydrogen-bond donors (Lipinski definition) is 1. The first-order valence-electron chi connectivity index (χ1n) is 6.10. The average molecular weight is 273 g/mol. The molecule has 0 spiro atoms. The van der Waals surface area contributed by atoms with Crippen LogP contribution < -0.4 is 5.32 Å². The molecule has 0 radical (unpaired) electrons. The van der Waals surface area contributed by atoms with Crippen molar-refractivity contribution in [2.24, 2.45) is 0 Å². The van der Waals surface area contributed by atoms with Crippen molar-refractivity contribution < 1.29 is 17.9 Å². The van der Waals surface area contributed by atoms with Crippen LogP contribution in [-0.4, -0.2) is 19.3 Å². The molecule has 1 aromatic carbocycles. The Morgan fingerprint density at radius 1 is 1.26 bits per heavy atom. The molecule has 0 aromatic heterocycles. The van der Waals surface area contributed by atoms with Crippen LogP contribution in [0, 0.1) is 0 Å². The Balaban J connectivity index is 2.53. The van der Waals surface area contributed by atoms with Gasteiger partial charge in [-0.3, -0.25) is 0 Å². The number of halogens is 3. The molecule has 0 saturated carbocycles. The van der Waals surface area contributed by atoms with Gasteiger partial charge in [-0.1, -0.05) is 36.9 Å². The molecular weight excluding hydrogens is 255 g/mol. The normalized spacial score (nSPS) is 13.0. The maximum atomic E-state index is 12.5. The first-order chi connectivity index (χ1) is 9.03. The summed E-state index contributed by atoms with van der Waals surface area (Å²) in [5.41, 5.74) is 0.643. The number of benzene rings is 1. The molecule has 106 valence electrons. The second-order valence-corrected chi connectivity index (χ2v) is 4.13. The zero-order valence-electron chi connectivity index (χ0n) is 10.6. The number of rotatable bonds is 8. The van der Waals surface area contributed by atoms with E-state index in [-0.39, 0.29) is 0 Å². The lowest BCUT2D eigenvalue weighted by molar-refractivity contribution is -0.140. The Labute approximate surface area is 111 Å². The average Bonchev–Trinajstić information content (AvgIpc) is 2.37. The SMILES string of the molecule is C=COCCCNC(CC(F)(F)F)c1ccccc1. The summed E-state index contributed by atoms with van der Waals surface area (Å²) in [6.45, 7) is 4.31. The zero-order valence-corrected chi connectivity index (χ0v) is 10.6. The van der Waals surface area contributed by atoms with Gasteiger partial charge >= 0.3 is 6.18 Å². The molecule has 1 aromatic rings. The van der Waals surface area contributed by atoms with Crippen molar-refractivity contribution in [2.75, 3.05) is 13.2 Å². The fourth-order valence-electron chi connectivity index (χ4n) is 1.74. The van der Waals surface area contributed by atoms with Crippen molar-refractivity contribution in [3.8, 4) is 0 Å². The Morgan fingerprint density at radius 2 is 1.95 bits per heavy atom. The van der Waals surface area contributed by atoms with E-state index < -0.39 is 18.6 Å². The molecule has 0 bridgehead atoms. The van der Waals surface area contributed by atoms with Gasteiger partial charge in [-0.05, 0) is 18.5 Å². The fourth-order valence-corrected chi connectivity index (χ4v) is 1.74. The molecule has 19 heavy (non-hydrogen) atoms. The smallest absolute Gasteiger partial charge is 0.390 e. The van der Waals surface area contributed by atoms with Crippen LogP contribution in [0.1, 0.15) is 24.4 Å². The van der Waals surface area contributed by atoms with Crippen LogP contribution >= 0.6 is 0 Å². The van der Waals surface area contributed by atoms with Crippen LogP contribution in [0.5, 0.6) is 0 Å². The zero-order chi connectivity index (χ0) is 14.1. The largest absolute Gasteiger partial charge is 0.502 e. The van der Waals surface area contributed by atoms with E-state index >= 15 is 0 Å². The number of alkyl halides is 3. The highest BCUT2D eigenvalue weighted by molar-refractivity contribution is 5.19. The van der Waals surface area contributed by atoms with E-state index in [2.05, 4.69) is 11.9 Å². The molecule has 2 nitrogen and oxygen atoms in total. The van der Waals surface area contributed by atoms with E-state index in [0.29, 0.717) is 25.1 Å². The molecule has 1 N–H and O–H groups in total. The molecule has 0 aliphatic rings. The molecule has 1 unspecified atom stereocenters. The Bertz CT molecular complexity index is 365. The van der Waals surface area contributed by atoms with E-state index in [1.54, 1.807) is 30.3 Å². The van der Waals surface area contributed by atoms with Gasteiger partial charge in [0.1, 0.15) is 0 Å². The van der Waals surface area contributed by atoms with Gasteiger partial charge in [0.25, 0.3) is 0 Å². The highest BCUT2D eigenvalue weighted by atomic mass is 19.4. The molecule has 0 aliphatic heterocycles. The summed E-state index contributed by atoms with van der Waals surface area (Å²) in [6.07, 6.45) is -3.11. The third-order valence-electron chi connectivity index (χ3n) is 2.59. The minimum Gasteiger partial charge on any atom is -0.502 e. The summed E-state index contributed by atoms with van der Waals surface area (Å²) in [5, 5.41) is 2.92. The lowest BCUT2D eigenvalue weighted by Crippen LogP contribution is -2.28. The van der Waals surface area contributed by atoms with Crippen LogP contribution in [0.2, 0.25) is 0 Å². The molecule has 0 heterocycles. The summed E-state index contributed by atoms with van der Waals surface area (Å²) in [4.78, 5) is 0. The maximum absolute atomic E-state index is 12.5. The second-order valence-electron chi connectivity index (χ2n) is 4.13. The van der Waals surface area contributed by atoms with Gasteiger partial charge in [-0.2, -0.15) is 13.2 Å². The van der Waals surface area contributed by atoms with E-state index in [1.165, 1.54) is 6.26 Å². The summed E-state index contributed by atoms with van der Waals surface area (Å²) >= 11 is 0. The lowest BCUT2D eigenvalue weighted by Gasteiger charge is -2.20. The molecule has 1 atom stereocenters. The second kappa shape index (κ2) is 7.84. The third kappa shape index (κ3) is 6.86. The predicted octanol–water partition coefficient (Wildman–Crippen LogP) is 3.82. The first-order valence-corrected chi connectivity index (χ1v) is 6.10. The predicted molar refractivity (Wildman–Crippen MR) is 68.6 cm³/mol. The molecular formula is C14H18F3NO. The lowest BCUT2D eigenvalue weighted by atomic mass is 10.0. The van der Waals surface area contributed by atoms with Gasteiger partial charge in [0.2, 0.25) is 0 Å². The van der Waals surface area contributed by atoms with Crippen LogP contribution in [0.25, 0.3) is 0 Å². The van der Waals surface area contributed by atoms with E-state index in [4.69, 9.17) is 4.74 Å². The van der Waals surface area contributed by atoms with Gasteiger partial charge in [-0.15, -0.1) is 0 Å². The van der Waals surface area contributed by atoms with Gasteiger partial charge in [0.05, 0.1) is 19.3 Å². The molecule has 0 fully saturated rings. The van der Waals surface area contributed by atoms with Crippen molar-refractivity contribution in [2.45, 2.75) is 25.1 Å². The molecule has 0 amide bonds. The molecule has 1 rings (SSSR count). The standard InChI is InChI=1S/C14H18F3NO/c1-2-19-10-6-9-18-13(11-14(15,16)17)12-7-4-3-5-8-12/h2-5,7-8,13,18H,1,6,9-11H2. The summed E-state index contributed by atoms with van der Waals surface area (Å²) in [7, 11) is 0. The van der Waals surface area contributed by atoms with Crippen LogP contribution in [-0.2, 0) is 4.74 Å². The number of hydrogen-bond acceptors (Lipinski definition) is 2. The van der Waals surface area contributed by atoms with Crippen molar-refractivity contribution in [1.82, 2.24) is 5.32 Å². The molecule has 0 saturated heterocycles. The highest BCUT2D eigenvalue weighted by Gasteiger charge is 2.32. The Hall–Kier alpha value is -1.49. The van der Waals surface area contributed by atoms with Gasteiger partial charge in [-0.25, -0.2) is 0 Å². The first kappa shape index (κ1) is 15.6. The van der Waals surface area contributed by atoms with Crippen LogP contribution in [0.15, 0.2) is 43.2 Å². The fraction of sp³-hybridized carbons (Fsp3) is 0.429. The maximum Gasteiger partial charge on any atom is 0.390 e. The van der Waals surface area contributed by atoms with Crippen LogP contribution in [0.3, 0.4) is 0 Å². The Morgan fingerprint density at radius 3 is 2.53 bits per heavy atom. The summed E-state index contributed by atoms with van der Waals surface area (Å²) < 4.78 is 42.6. The van der Waals surface area contributed by atoms with Gasteiger partial charge in [0.15, 0.2) is 0 Å². The van der Waals surface area contributed by atoms with Gasteiger partial charge < -0.3 is 10.1 Å². The number of nitrogens with one attached hydrogen (secondary N) is 1. The third-order valence-corrected chi connectivity index (χ3v) is 2.59. The van der Waals surface area contributed by atoms with E-state index in [0.717, 1.165) is 0 Å². The minimum absolute atomic E-state index is 0.448. The summed E-state index contributed by atoms with van der Waals surface area (Å²) in [6, 6.07) is 7.94. The van der Waals surface area contributed by atoms with Crippen molar-refractivity contribution in [3.05, 3.63) is 48.7 Å². The van der Waals surface area contributed by atoms with Crippen molar-refractivity contribution in [3.63, 3.8) is 0 Å². The van der Waals surface area contributed by atoms with Crippen LogP contribution in [0.4, 0.5) is 13.2 Å². The minimum atomic E-state index is -4.19. The highest BCUT2D eigenvalue weighted by Crippen LogP contribution is 2.29. The quantitative estimate of drug-likeness (QED) is 0.574. The topological polar surface area (TPSA) is 21.3 Å². The van der Waals surface area contributed by atoms with Crippen molar-refractivity contribution >= 4 is 0 Å². The number of ether oxygens (including phenoxy) is 1. The molecule has 5 heteroatoms. The van der Waals surface area contributed by atoms with Crippen molar-refractivity contribution in [1.29, 1.82) is 0 Å². The monoisotopic (exact) mass is 273 g/mol.